The molecule has 0 aliphatic heterocycles. The molecule has 0 unspecified atom stereocenters. The number of nitrogens with one attached hydrogen (secondary N) is 5. The zero-order valence-electron chi connectivity index (χ0n) is 20.6. The van der Waals surface area contributed by atoms with Crippen LogP contribution in [0.5, 0.6) is 0 Å². The van der Waals surface area contributed by atoms with Crippen molar-refractivity contribution in [1.82, 2.24) is 31.2 Å². The SMILES string of the molecule is NCC(=O)N[C@@H](CS)C(=O)N[C@@H](CCC(=O)O)C(=O)N[C@@H](CCC(=O)O)C(=O)N[C@@H](Cc1cnc[nH]1)C(=O)O. The van der Waals surface area contributed by atoms with Gasteiger partial charge in [0.25, 0.3) is 0 Å². The fourth-order valence-electron chi connectivity index (χ4n) is 3.15. The maximum atomic E-state index is 13.0. The third-order valence-corrected chi connectivity index (χ3v) is 5.54. The van der Waals surface area contributed by atoms with E-state index in [4.69, 9.17) is 15.9 Å². The van der Waals surface area contributed by atoms with E-state index >= 15 is 0 Å². The largest absolute Gasteiger partial charge is 0.481 e. The van der Waals surface area contributed by atoms with Crippen molar-refractivity contribution in [2.45, 2.75) is 56.3 Å². The Morgan fingerprint density at radius 1 is 0.821 bits per heavy atom. The number of aromatic nitrogens is 2. The van der Waals surface area contributed by atoms with Gasteiger partial charge in [-0.25, -0.2) is 9.78 Å². The van der Waals surface area contributed by atoms with Gasteiger partial charge in [0.2, 0.25) is 23.6 Å². The molecule has 0 saturated heterocycles. The summed E-state index contributed by atoms with van der Waals surface area (Å²) < 4.78 is 0. The average molecular weight is 574 g/mol. The summed E-state index contributed by atoms with van der Waals surface area (Å²) in [5.74, 6) is -7.86. The molecule has 0 aliphatic carbocycles. The number of hydrogen-bond donors (Lipinski definition) is 10. The molecule has 18 heteroatoms. The Morgan fingerprint density at radius 2 is 1.31 bits per heavy atom. The van der Waals surface area contributed by atoms with Crippen molar-refractivity contribution in [2.24, 2.45) is 5.73 Å². The van der Waals surface area contributed by atoms with Crippen LogP contribution in [0, 0.1) is 0 Å². The number of nitrogens with zero attached hydrogens (tertiary/aromatic N) is 1. The summed E-state index contributed by atoms with van der Waals surface area (Å²) in [5.41, 5.74) is 5.59. The second kappa shape index (κ2) is 16.6. The van der Waals surface area contributed by atoms with Gasteiger partial charge < -0.3 is 47.3 Å². The molecule has 0 spiro atoms. The van der Waals surface area contributed by atoms with E-state index in [9.17, 15) is 38.7 Å². The molecule has 1 rings (SSSR count). The Hall–Kier alpha value is -4.19. The number of carboxylic acids is 3. The summed E-state index contributed by atoms with van der Waals surface area (Å²) in [6.07, 6.45) is 0.410. The Bertz CT molecular complexity index is 1040. The second-order valence-electron chi connectivity index (χ2n) is 8.17. The van der Waals surface area contributed by atoms with E-state index in [2.05, 4.69) is 43.9 Å². The van der Waals surface area contributed by atoms with Crippen LogP contribution in [0.2, 0.25) is 0 Å². The van der Waals surface area contributed by atoms with Crippen LogP contribution >= 0.6 is 12.6 Å². The third kappa shape index (κ3) is 12.3. The van der Waals surface area contributed by atoms with Gasteiger partial charge in [0.15, 0.2) is 0 Å². The summed E-state index contributed by atoms with van der Waals surface area (Å²) in [4.78, 5) is 90.4. The van der Waals surface area contributed by atoms with Crippen LogP contribution in [0.4, 0.5) is 0 Å². The lowest BCUT2D eigenvalue weighted by Gasteiger charge is -2.25. The van der Waals surface area contributed by atoms with E-state index in [1.165, 1.54) is 12.5 Å². The van der Waals surface area contributed by atoms with Gasteiger partial charge in [-0.1, -0.05) is 0 Å². The lowest BCUT2D eigenvalue weighted by molar-refractivity contribution is -0.143. The molecule has 1 aromatic rings. The lowest BCUT2D eigenvalue weighted by atomic mass is 10.1. The van der Waals surface area contributed by atoms with Crippen molar-refractivity contribution >= 4 is 54.2 Å². The van der Waals surface area contributed by atoms with Crippen molar-refractivity contribution in [3.8, 4) is 0 Å². The molecule has 1 heterocycles. The number of nitrogens with two attached hydrogens (primary N) is 1. The first kappa shape index (κ1) is 32.8. The third-order valence-electron chi connectivity index (χ3n) is 5.17. The molecule has 10 N–H and O–H groups in total. The van der Waals surface area contributed by atoms with Crippen LogP contribution in [0.15, 0.2) is 12.5 Å². The van der Waals surface area contributed by atoms with Crippen LogP contribution in [0.3, 0.4) is 0 Å². The quantitative estimate of drug-likeness (QED) is 0.0769. The summed E-state index contributed by atoms with van der Waals surface area (Å²) in [7, 11) is 0. The van der Waals surface area contributed by atoms with Crippen molar-refractivity contribution in [3.63, 3.8) is 0 Å². The zero-order valence-corrected chi connectivity index (χ0v) is 21.5. The first-order chi connectivity index (χ1) is 18.4. The normalized spacial score (nSPS) is 13.7. The van der Waals surface area contributed by atoms with Gasteiger partial charge in [-0.15, -0.1) is 0 Å². The minimum atomic E-state index is -1.56. The number of carbonyl (C=O) groups excluding carboxylic acids is 4. The maximum absolute atomic E-state index is 13.0. The molecule has 0 aliphatic rings. The predicted molar refractivity (Wildman–Crippen MR) is 134 cm³/mol. The molecule has 0 radical (unpaired) electrons. The number of carbonyl (C=O) groups is 7. The summed E-state index contributed by atoms with van der Waals surface area (Å²) in [6.45, 7) is -0.432. The van der Waals surface area contributed by atoms with Gasteiger partial charge in [0, 0.05) is 36.9 Å². The van der Waals surface area contributed by atoms with Crippen molar-refractivity contribution < 1.29 is 48.9 Å². The number of H-pyrrole nitrogens is 1. The molecule has 4 atom stereocenters. The molecule has 0 bridgehead atoms. The number of amides is 4. The highest BCUT2D eigenvalue weighted by atomic mass is 32.1. The molecule has 4 amide bonds. The number of aromatic amines is 1. The highest BCUT2D eigenvalue weighted by Crippen LogP contribution is 2.06. The van der Waals surface area contributed by atoms with E-state index < -0.39 is 97.9 Å². The molecule has 0 saturated carbocycles. The van der Waals surface area contributed by atoms with E-state index in [1.807, 2.05) is 0 Å². The minimum Gasteiger partial charge on any atom is -0.481 e. The molecule has 0 fully saturated rings. The maximum Gasteiger partial charge on any atom is 0.326 e. The Morgan fingerprint density at radius 3 is 1.69 bits per heavy atom. The summed E-state index contributed by atoms with van der Waals surface area (Å²) >= 11 is 3.96. The first-order valence-corrected chi connectivity index (χ1v) is 12.2. The summed E-state index contributed by atoms with van der Waals surface area (Å²) in [6, 6.07) is -5.77. The van der Waals surface area contributed by atoms with E-state index in [1.54, 1.807) is 0 Å². The van der Waals surface area contributed by atoms with E-state index in [0.29, 0.717) is 5.69 Å². The molecular weight excluding hydrogens is 542 g/mol. The van der Waals surface area contributed by atoms with Crippen LogP contribution in [0.25, 0.3) is 0 Å². The molecule has 1 aromatic heterocycles. The molecule has 0 aromatic carbocycles. The highest BCUT2D eigenvalue weighted by molar-refractivity contribution is 7.80. The van der Waals surface area contributed by atoms with Gasteiger partial charge in [-0.05, 0) is 12.8 Å². The fraction of sp³-hybridized carbons (Fsp3) is 0.524. The fourth-order valence-corrected chi connectivity index (χ4v) is 3.41. The van der Waals surface area contributed by atoms with Crippen LogP contribution in [-0.2, 0) is 40.0 Å². The Labute approximate surface area is 227 Å². The topological polar surface area (TPSA) is 283 Å². The van der Waals surface area contributed by atoms with Crippen molar-refractivity contribution in [3.05, 3.63) is 18.2 Å². The molecule has 17 nitrogen and oxygen atoms in total. The number of carboxylic acid groups (broad SMARTS) is 3. The zero-order chi connectivity index (χ0) is 29.5. The number of thiol groups is 1. The second-order valence-corrected chi connectivity index (χ2v) is 8.54. The monoisotopic (exact) mass is 573 g/mol. The Balaban J connectivity index is 3.08. The molecule has 39 heavy (non-hydrogen) atoms. The van der Waals surface area contributed by atoms with Gasteiger partial charge in [-0.3, -0.25) is 28.8 Å². The van der Waals surface area contributed by atoms with Crippen LogP contribution < -0.4 is 27.0 Å². The highest BCUT2D eigenvalue weighted by Gasteiger charge is 2.31. The number of aliphatic carboxylic acids is 3. The average Bonchev–Trinajstić information content (AvgIpc) is 3.39. The molecule has 216 valence electrons. The standard InChI is InChI=1S/C21H31N7O10S/c22-6-15(29)25-14(8-39)20(36)27-11(1-3-16(30)31)18(34)26-12(2-4-17(32)33)19(35)28-13(21(37)38)5-10-7-23-9-24-10/h7,9,11-14,39H,1-6,8,22H2,(H,23,24)(H,25,29)(H,26,34)(H,27,36)(H,28,35)(H,30,31)(H,32,33)(H,37,38)/t11-,12-,13-,14-/m0/s1. The van der Waals surface area contributed by atoms with Gasteiger partial charge >= 0.3 is 17.9 Å². The van der Waals surface area contributed by atoms with Crippen molar-refractivity contribution in [1.29, 1.82) is 0 Å². The number of rotatable bonds is 18. The minimum absolute atomic E-state index is 0.193. The van der Waals surface area contributed by atoms with E-state index in [0.717, 1.165) is 0 Å². The van der Waals surface area contributed by atoms with Crippen LogP contribution in [-0.4, -0.2) is 103 Å². The van der Waals surface area contributed by atoms with Crippen LogP contribution in [0.1, 0.15) is 31.4 Å². The number of imidazole rings is 1. The lowest BCUT2D eigenvalue weighted by Crippen LogP contribution is -2.58. The summed E-state index contributed by atoms with van der Waals surface area (Å²) in [5, 5.41) is 36.6. The van der Waals surface area contributed by atoms with Gasteiger partial charge in [0.1, 0.15) is 24.2 Å². The molecular formula is C21H31N7O10S. The van der Waals surface area contributed by atoms with Gasteiger partial charge in [-0.2, -0.15) is 12.6 Å². The Kier molecular flexibility index (Phi) is 14.0. The first-order valence-electron chi connectivity index (χ1n) is 11.5. The number of hydrogen-bond acceptors (Lipinski definition) is 10. The predicted octanol–water partition coefficient (Wildman–Crippen LogP) is -3.41. The van der Waals surface area contributed by atoms with Crippen molar-refractivity contribution in [2.75, 3.05) is 12.3 Å². The smallest absolute Gasteiger partial charge is 0.326 e. The van der Waals surface area contributed by atoms with Gasteiger partial charge in [0.05, 0.1) is 12.9 Å². The van der Waals surface area contributed by atoms with E-state index in [-0.39, 0.29) is 12.2 Å².